The van der Waals surface area contributed by atoms with Crippen LogP contribution in [0.5, 0.6) is 0 Å². The van der Waals surface area contributed by atoms with Gasteiger partial charge in [-0.1, -0.05) is 36.4 Å². The molecule has 1 N–H and O–H groups in total. The first-order valence-electron chi connectivity index (χ1n) is 9.15. The Hall–Kier alpha value is -2.67. The van der Waals surface area contributed by atoms with Gasteiger partial charge in [0.1, 0.15) is 11.1 Å². The highest BCUT2D eigenvalue weighted by molar-refractivity contribution is 8.15. The zero-order chi connectivity index (χ0) is 20.1. The summed E-state index contributed by atoms with van der Waals surface area (Å²) in [5, 5.41) is 2.81. The zero-order valence-corrected chi connectivity index (χ0v) is 16.6. The van der Waals surface area contributed by atoms with E-state index < -0.39 is 5.25 Å². The van der Waals surface area contributed by atoms with Crippen molar-refractivity contribution >= 4 is 40.1 Å². The molecule has 0 aromatic heterocycles. The normalized spacial score (nSPS) is 18.0. The van der Waals surface area contributed by atoms with E-state index in [-0.39, 0.29) is 24.1 Å². The number of carbonyl (C=O) groups is 2. The Bertz CT molecular complexity index is 882. The van der Waals surface area contributed by atoms with Gasteiger partial charge in [0, 0.05) is 18.7 Å². The molecule has 5 nitrogen and oxygen atoms in total. The topological polar surface area (TPSA) is 61.8 Å². The second kappa shape index (κ2) is 9.01. The van der Waals surface area contributed by atoms with Gasteiger partial charge in [0.15, 0.2) is 5.17 Å². The zero-order valence-electron chi connectivity index (χ0n) is 15.8. The molecule has 2 aromatic carbocycles. The SMILES string of the molecule is CCCN1C(=O)C(CC(=O)Nc2ccc(F)cc2)SC1=Nc1ccc(C)cc1. The van der Waals surface area contributed by atoms with E-state index in [2.05, 4.69) is 10.3 Å². The number of rotatable bonds is 6. The number of hydrogen-bond acceptors (Lipinski definition) is 4. The average Bonchev–Trinajstić information content (AvgIpc) is 2.94. The average molecular weight is 399 g/mol. The molecule has 3 rings (SSSR count). The highest BCUT2D eigenvalue weighted by Crippen LogP contribution is 2.32. The van der Waals surface area contributed by atoms with Gasteiger partial charge in [-0.05, 0) is 49.7 Å². The smallest absolute Gasteiger partial charge is 0.242 e. The third-order valence-electron chi connectivity index (χ3n) is 4.22. The van der Waals surface area contributed by atoms with E-state index in [9.17, 15) is 14.0 Å². The van der Waals surface area contributed by atoms with E-state index in [0.717, 1.165) is 17.7 Å². The van der Waals surface area contributed by atoms with Crippen LogP contribution in [0.4, 0.5) is 15.8 Å². The molecule has 0 spiro atoms. The van der Waals surface area contributed by atoms with Crippen molar-refractivity contribution in [2.75, 3.05) is 11.9 Å². The van der Waals surface area contributed by atoms with Gasteiger partial charge in [-0.3, -0.25) is 14.5 Å². The number of aliphatic imine (C=N–C) groups is 1. The molecule has 1 heterocycles. The van der Waals surface area contributed by atoms with E-state index in [1.165, 1.54) is 36.0 Å². The van der Waals surface area contributed by atoms with Crippen molar-refractivity contribution in [1.82, 2.24) is 4.90 Å². The fourth-order valence-electron chi connectivity index (χ4n) is 2.80. The quantitative estimate of drug-likeness (QED) is 0.778. The molecular weight excluding hydrogens is 377 g/mol. The highest BCUT2D eigenvalue weighted by Gasteiger charge is 2.38. The molecule has 2 aromatic rings. The number of nitrogens with one attached hydrogen (secondary N) is 1. The number of benzene rings is 2. The summed E-state index contributed by atoms with van der Waals surface area (Å²) in [5.41, 5.74) is 2.42. The van der Waals surface area contributed by atoms with Crippen LogP contribution in [0, 0.1) is 12.7 Å². The molecule has 1 saturated heterocycles. The Balaban J connectivity index is 1.71. The molecule has 1 aliphatic rings. The third-order valence-corrected chi connectivity index (χ3v) is 5.40. The van der Waals surface area contributed by atoms with Crippen LogP contribution in [0.2, 0.25) is 0 Å². The number of halogens is 1. The predicted octanol–water partition coefficient (Wildman–Crippen LogP) is 4.50. The lowest BCUT2D eigenvalue weighted by atomic mass is 10.2. The van der Waals surface area contributed by atoms with E-state index in [0.29, 0.717) is 17.4 Å². The van der Waals surface area contributed by atoms with Gasteiger partial charge >= 0.3 is 0 Å². The van der Waals surface area contributed by atoms with Crippen LogP contribution in [-0.4, -0.2) is 33.7 Å². The Morgan fingerprint density at radius 3 is 2.50 bits per heavy atom. The number of hydrogen-bond donors (Lipinski definition) is 1. The van der Waals surface area contributed by atoms with Crippen molar-refractivity contribution in [3.05, 3.63) is 59.9 Å². The van der Waals surface area contributed by atoms with E-state index in [4.69, 9.17) is 0 Å². The van der Waals surface area contributed by atoms with Crippen LogP contribution < -0.4 is 5.32 Å². The summed E-state index contributed by atoms with van der Waals surface area (Å²) >= 11 is 1.31. The number of aryl methyl sites for hydroxylation is 1. The molecule has 0 aliphatic carbocycles. The van der Waals surface area contributed by atoms with E-state index in [1.54, 1.807) is 4.90 Å². The van der Waals surface area contributed by atoms with Crippen LogP contribution in [0.25, 0.3) is 0 Å². The van der Waals surface area contributed by atoms with Gasteiger partial charge in [-0.2, -0.15) is 0 Å². The fraction of sp³-hybridized carbons (Fsp3) is 0.286. The number of thioether (sulfide) groups is 1. The molecule has 7 heteroatoms. The molecule has 0 saturated carbocycles. The van der Waals surface area contributed by atoms with Crippen molar-refractivity contribution in [2.45, 2.75) is 31.9 Å². The molecule has 2 amide bonds. The van der Waals surface area contributed by atoms with Gasteiger partial charge in [-0.15, -0.1) is 0 Å². The monoisotopic (exact) mass is 399 g/mol. The molecule has 1 unspecified atom stereocenters. The number of carbonyl (C=O) groups excluding carboxylic acids is 2. The maximum atomic E-state index is 13.0. The van der Waals surface area contributed by atoms with E-state index >= 15 is 0 Å². The lowest BCUT2D eigenvalue weighted by Crippen LogP contribution is -2.34. The summed E-state index contributed by atoms with van der Waals surface area (Å²) in [6, 6.07) is 13.3. The Labute approximate surface area is 168 Å². The van der Waals surface area contributed by atoms with Crippen molar-refractivity contribution in [3.63, 3.8) is 0 Å². The summed E-state index contributed by atoms with van der Waals surface area (Å²) in [4.78, 5) is 31.4. The minimum atomic E-state index is -0.517. The van der Waals surface area contributed by atoms with Gasteiger partial charge in [0.25, 0.3) is 0 Å². The highest BCUT2D eigenvalue weighted by atomic mass is 32.2. The predicted molar refractivity (Wildman–Crippen MR) is 111 cm³/mol. The van der Waals surface area contributed by atoms with Crippen molar-refractivity contribution in [3.8, 4) is 0 Å². The summed E-state index contributed by atoms with van der Waals surface area (Å²) in [6.45, 7) is 4.56. The first-order chi connectivity index (χ1) is 13.5. The molecule has 1 aliphatic heterocycles. The molecule has 146 valence electrons. The lowest BCUT2D eigenvalue weighted by Gasteiger charge is -2.15. The van der Waals surface area contributed by atoms with Crippen molar-refractivity contribution in [2.24, 2.45) is 4.99 Å². The molecule has 1 fully saturated rings. The van der Waals surface area contributed by atoms with Gasteiger partial charge < -0.3 is 5.32 Å². The van der Waals surface area contributed by atoms with Gasteiger partial charge in [0.2, 0.25) is 11.8 Å². The number of amidine groups is 1. The first kappa shape index (κ1) is 20.1. The maximum absolute atomic E-state index is 13.0. The molecule has 1 atom stereocenters. The second-order valence-electron chi connectivity index (χ2n) is 6.59. The van der Waals surface area contributed by atoms with Crippen LogP contribution in [-0.2, 0) is 9.59 Å². The molecule has 0 bridgehead atoms. The van der Waals surface area contributed by atoms with Crippen LogP contribution >= 0.6 is 11.8 Å². The van der Waals surface area contributed by atoms with E-state index in [1.807, 2.05) is 38.1 Å². The van der Waals surface area contributed by atoms with Crippen LogP contribution in [0.3, 0.4) is 0 Å². The number of amides is 2. The van der Waals surface area contributed by atoms with Gasteiger partial charge in [0.05, 0.1) is 5.69 Å². The summed E-state index contributed by atoms with van der Waals surface area (Å²) in [5.74, 6) is -0.760. The summed E-state index contributed by atoms with van der Waals surface area (Å²) in [6.07, 6.45) is 0.835. The minimum Gasteiger partial charge on any atom is -0.326 e. The van der Waals surface area contributed by atoms with Crippen LogP contribution in [0.1, 0.15) is 25.3 Å². The Kier molecular flexibility index (Phi) is 6.46. The summed E-state index contributed by atoms with van der Waals surface area (Å²) < 4.78 is 13.0. The second-order valence-corrected chi connectivity index (χ2v) is 7.76. The minimum absolute atomic E-state index is 0.0357. The standard InChI is InChI=1S/C21H22FN3O2S/c1-3-12-25-20(27)18(13-19(26)23-16-10-6-15(22)7-11-16)28-21(25)24-17-8-4-14(2)5-9-17/h4-11,18H,3,12-13H2,1-2H3,(H,23,26). The largest absolute Gasteiger partial charge is 0.326 e. The molecular formula is C21H22FN3O2S. The molecule has 0 radical (unpaired) electrons. The number of anilines is 1. The maximum Gasteiger partial charge on any atom is 0.242 e. The Morgan fingerprint density at radius 2 is 1.86 bits per heavy atom. The summed E-state index contributed by atoms with van der Waals surface area (Å²) in [7, 11) is 0. The van der Waals surface area contributed by atoms with Crippen molar-refractivity contribution < 1.29 is 14.0 Å². The van der Waals surface area contributed by atoms with Gasteiger partial charge in [-0.25, -0.2) is 9.38 Å². The first-order valence-corrected chi connectivity index (χ1v) is 10.0. The van der Waals surface area contributed by atoms with Crippen molar-refractivity contribution in [1.29, 1.82) is 0 Å². The third kappa shape index (κ3) is 4.98. The number of nitrogens with zero attached hydrogens (tertiary/aromatic N) is 2. The fourth-order valence-corrected chi connectivity index (χ4v) is 3.98. The Morgan fingerprint density at radius 1 is 1.18 bits per heavy atom. The lowest BCUT2D eigenvalue weighted by molar-refractivity contribution is -0.128. The molecule has 28 heavy (non-hydrogen) atoms. The van der Waals surface area contributed by atoms with Crippen LogP contribution in [0.15, 0.2) is 53.5 Å².